The number of rotatable bonds is 6. The highest BCUT2D eigenvalue weighted by molar-refractivity contribution is 5.84. The minimum Gasteiger partial charge on any atom is -0.444 e. The van der Waals surface area contributed by atoms with Crippen molar-refractivity contribution < 1.29 is 9.53 Å². The number of hydrogen-bond acceptors (Lipinski definition) is 2. The van der Waals surface area contributed by atoms with Gasteiger partial charge in [0.05, 0.1) is 0 Å². The van der Waals surface area contributed by atoms with E-state index in [1.807, 2.05) is 36.4 Å². The van der Waals surface area contributed by atoms with Crippen molar-refractivity contribution in [2.45, 2.75) is 54.1 Å². The smallest absolute Gasteiger partial charge is 0.411 e. The SMILES string of the molecule is CC(C)Cc1ccc(COC(=O)Nc2ccc(CC(C)(C)C)cc2)cc1. The van der Waals surface area contributed by atoms with Crippen LogP contribution in [0.4, 0.5) is 10.5 Å². The minimum absolute atomic E-state index is 0.249. The van der Waals surface area contributed by atoms with Gasteiger partial charge in [0, 0.05) is 5.69 Å². The molecule has 2 aromatic carbocycles. The van der Waals surface area contributed by atoms with Crippen LogP contribution in [0.3, 0.4) is 0 Å². The van der Waals surface area contributed by atoms with Crippen LogP contribution < -0.4 is 5.32 Å². The molecule has 1 amide bonds. The third-order valence-corrected chi connectivity index (χ3v) is 3.97. The third-order valence-electron chi connectivity index (χ3n) is 3.97. The Morgan fingerprint density at radius 3 is 2.00 bits per heavy atom. The van der Waals surface area contributed by atoms with Gasteiger partial charge in [-0.2, -0.15) is 0 Å². The van der Waals surface area contributed by atoms with E-state index in [9.17, 15) is 4.79 Å². The van der Waals surface area contributed by atoms with Crippen molar-refractivity contribution in [3.05, 3.63) is 65.2 Å². The van der Waals surface area contributed by atoms with Crippen LogP contribution in [0.5, 0.6) is 0 Å². The molecule has 0 unspecified atom stereocenters. The van der Waals surface area contributed by atoms with E-state index < -0.39 is 6.09 Å². The topological polar surface area (TPSA) is 38.3 Å². The first kappa shape index (κ1) is 20.0. The maximum absolute atomic E-state index is 12.0. The van der Waals surface area contributed by atoms with Gasteiger partial charge < -0.3 is 4.74 Å². The van der Waals surface area contributed by atoms with E-state index in [2.05, 4.69) is 52.1 Å². The highest BCUT2D eigenvalue weighted by atomic mass is 16.5. The van der Waals surface area contributed by atoms with Crippen molar-refractivity contribution in [3.63, 3.8) is 0 Å². The Morgan fingerprint density at radius 2 is 1.46 bits per heavy atom. The van der Waals surface area contributed by atoms with Gasteiger partial charge >= 0.3 is 6.09 Å². The zero-order chi connectivity index (χ0) is 19.2. The second-order valence-corrected chi connectivity index (χ2v) is 8.55. The molecule has 0 saturated carbocycles. The van der Waals surface area contributed by atoms with E-state index in [1.54, 1.807) is 0 Å². The quantitative estimate of drug-likeness (QED) is 0.669. The molecule has 0 aromatic heterocycles. The standard InChI is InChI=1S/C23H31NO2/c1-17(2)14-18-6-8-20(9-7-18)16-26-22(25)24-21-12-10-19(11-13-21)15-23(3,4)5/h6-13,17H,14-16H2,1-5H3,(H,24,25). The molecule has 2 rings (SSSR count). The van der Waals surface area contributed by atoms with E-state index in [1.165, 1.54) is 11.1 Å². The first-order valence-electron chi connectivity index (χ1n) is 9.32. The average Bonchev–Trinajstić information content (AvgIpc) is 2.54. The molecule has 2 aromatic rings. The van der Waals surface area contributed by atoms with Crippen LogP contribution in [0, 0.1) is 11.3 Å². The fourth-order valence-electron chi connectivity index (χ4n) is 2.86. The van der Waals surface area contributed by atoms with Crippen LogP contribution in [0.15, 0.2) is 48.5 Å². The average molecular weight is 354 g/mol. The van der Waals surface area contributed by atoms with Gasteiger partial charge in [-0.25, -0.2) is 4.79 Å². The number of amides is 1. The first-order valence-corrected chi connectivity index (χ1v) is 9.32. The fraction of sp³-hybridized carbons (Fsp3) is 0.435. The van der Waals surface area contributed by atoms with Crippen molar-refractivity contribution in [2.24, 2.45) is 11.3 Å². The van der Waals surface area contributed by atoms with E-state index in [0.29, 0.717) is 5.92 Å². The summed E-state index contributed by atoms with van der Waals surface area (Å²) in [6.45, 7) is 11.3. The molecule has 0 bridgehead atoms. The molecule has 0 aliphatic carbocycles. The Hall–Kier alpha value is -2.29. The summed E-state index contributed by atoms with van der Waals surface area (Å²) in [7, 11) is 0. The second kappa shape index (κ2) is 8.88. The number of nitrogens with one attached hydrogen (secondary N) is 1. The Balaban J connectivity index is 1.81. The van der Waals surface area contributed by atoms with Gasteiger partial charge in [0.15, 0.2) is 0 Å². The van der Waals surface area contributed by atoms with Gasteiger partial charge in [-0.3, -0.25) is 5.32 Å². The maximum Gasteiger partial charge on any atom is 0.411 e. The Morgan fingerprint density at radius 1 is 0.923 bits per heavy atom. The van der Waals surface area contributed by atoms with Crippen molar-refractivity contribution >= 4 is 11.8 Å². The lowest BCUT2D eigenvalue weighted by molar-refractivity contribution is 0.155. The fourth-order valence-corrected chi connectivity index (χ4v) is 2.86. The van der Waals surface area contributed by atoms with Crippen molar-refractivity contribution in [3.8, 4) is 0 Å². The lowest BCUT2D eigenvalue weighted by atomic mass is 9.88. The number of ether oxygens (including phenoxy) is 1. The molecule has 0 aliphatic rings. The lowest BCUT2D eigenvalue weighted by Crippen LogP contribution is -2.14. The number of anilines is 1. The van der Waals surface area contributed by atoms with Crippen molar-refractivity contribution in [1.82, 2.24) is 0 Å². The highest BCUT2D eigenvalue weighted by Crippen LogP contribution is 2.21. The van der Waals surface area contributed by atoms with Crippen LogP contribution in [0.25, 0.3) is 0 Å². The van der Waals surface area contributed by atoms with Crippen molar-refractivity contribution in [2.75, 3.05) is 5.32 Å². The van der Waals surface area contributed by atoms with Crippen LogP contribution in [-0.2, 0) is 24.2 Å². The van der Waals surface area contributed by atoms with E-state index in [0.717, 1.165) is 24.1 Å². The van der Waals surface area contributed by atoms with Gasteiger partial charge in [0.25, 0.3) is 0 Å². The van der Waals surface area contributed by atoms with Crippen LogP contribution in [0.2, 0.25) is 0 Å². The summed E-state index contributed by atoms with van der Waals surface area (Å²) in [6.07, 6.45) is 1.64. The maximum atomic E-state index is 12.0. The predicted molar refractivity (Wildman–Crippen MR) is 108 cm³/mol. The van der Waals surface area contributed by atoms with Gasteiger partial charge in [0.1, 0.15) is 6.61 Å². The molecule has 0 radical (unpaired) electrons. The third kappa shape index (κ3) is 7.30. The summed E-state index contributed by atoms with van der Waals surface area (Å²) in [5.41, 5.74) is 4.56. The minimum atomic E-state index is -0.431. The van der Waals surface area contributed by atoms with Crippen molar-refractivity contribution in [1.29, 1.82) is 0 Å². The van der Waals surface area contributed by atoms with E-state index in [-0.39, 0.29) is 12.0 Å². The number of carbonyl (C=O) groups is 1. The largest absolute Gasteiger partial charge is 0.444 e. The monoisotopic (exact) mass is 353 g/mol. The summed E-state index contributed by atoms with van der Waals surface area (Å²) in [4.78, 5) is 12.0. The summed E-state index contributed by atoms with van der Waals surface area (Å²) in [5.74, 6) is 0.637. The van der Waals surface area contributed by atoms with E-state index in [4.69, 9.17) is 4.74 Å². The predicted octanol–water partition coefficient (Wildman–Crippen LogP) is 6.22. The molecular weight excluding hydrogens is 322 g/mol. The highest BCUT2D eigenvalue weighted by Gasteiger charge is 2.11. The second-order valence-electron chi connectivity index (χ2n) is 8.55. The molecule has 0 saturated heterocycles. The Labute approximate surface area is 157 Å². The van der Waals surface area contributed by atoms with Gasteiger partial charge in [0.2, 0.25) is 0 Å². The molecule has 3 nitrogen and oxygen atoms in total. The molecule has 0 spiro atoms. The lowest BCUT2D eigenvalue weighted by Gasteiger charge is -2.18. The molecule has 1 N–H and O–H groups in total. The van der Waals surface area contributed by atoms with Gasteiger partial charge in [-0.05, 0) is 53.0 Å². The Bertz CT molecular complexity index is 694. The summed E-state index contributed by atoms with van der Waals surface area (Å²) in [6, 6.07) is 16.2. The van der Waals surface area contributed by atoms with Crippen LogP contribution in [-0.4, -0.2) is 6.09 Å². The van der Waals surface area contributed by atoms with Gasteiger partial charge in [-0.15, -0.1) is 0 Å². The summed E-state index contributed by atoms with van der Waals surface area (Å²) in [5, 5.41) is 2.78. The number of carbonyl (C=O) groups excluding carboxylic acids is 1. The summed E-state index contributed by atoms with van der Waals surface area (Å²) >= 11 is 0. The molecular formula is C23H31NO2. The molecule has 0 fully saturated rings. The number of hydrogen-bond donors (Lipinski definition) is 1. The van der Waals surface area contributed by atoms with Gasteiger partial charge in [-0.1, -0.05) is 71.0 Å². The zero-order valence-electron chi connectivity index (χ0n) is 16.6. The molecule has 26 heavy (non-hydrogen) atoms. The van der Waals surface area contributed by atoms with E-state index >= 15 is 0 Å². The normalized spacial score (nSPS) is 11.5. The van der Waals surface area contributed by atoms with Crippen LogP contribution >= 0.6 is 0 Å². The summed E-state index contributed by atoms with van der Waals surface area (Å²) < 4.78 is 5.31. The molecule has 0 aliphatic heterocycles. The number of benzene rings is 2. The molecule has 0 heterocycles. The molecule has 140 valence electrons. The van der Waals surface area contributed by atoms with Crippen LogP contribution in [0.1, 0.15) is 51.3 Å². The molecule has 3 heteroatoms. The first-order chi connectivity index (χ1) is 12.2. The zero-order valence-corrected chi connectivity index (χ0v) is 16.6. The Kier molecular flexibility index (Phi) is 6.84. The molecule has 0 atom stereocenters.